The predicted octanol–water partition coefficient (Wildman–Crippen LogP) is 5.43. The lowest BCUT2D eigenvalue weighted by Crippen LogP contribution is -2.22. The lowest BCUT2D eigenvalue weighted by Gasteiger charge is -2.15. The minimum atomic E-state index is 0.0335. The average molecular weight is 351 g/mol. The van der Waals surface area contributed by atoms with Gasteiger partial charge in [0.25, 0.3) is 5.56 Å². The van der Waals surface area contributed by atoms with Gasteiger partial charge in [-0.25, -0.2) is 0 Å². The maximum Gasteiger partial charge on any atom is 0.251 e. The van der Waals surface area contributed by atoms with E-state index < -0.39 is 0 Å². The normalized spacial score (nSPS) is 10.7. The topological polar surface area (TPSA) is 22.0 Å². The standard InChI is InChI=1S/C25H21NO/c27-25-19-23(21-12-6-2-7-13-21)18-24(22-14-8-3-9-15-22)26(25)17-16-20-10-4-1-5-11-20/h1-15,18-19H,16-17H2. The number of aryl methyl sites for hydroxylation is 1. The molecular weight excluding hydrogens is 330 g/mol. The molecule has 1 heterocycles. The molecule has 0 aliphatic rings. The van der Waals surface area contributed by atoms with Gasteiger partial charge in [0, 0.05) is 12.6 Å². The second-order valence-corrected chi connectivity index (χ2v) is 6.59. The van der Waals surface area contributed by atoms with Crippen LogP contribution in [0.15, 0.2) is 108 Å². The van der Waals surface area contributed by atoms with Crippen molar-refractivity contribution in [3.05, 3.63) is 119 Å². The Hall–Kier alpha value is -3.39. The Morgan fingerprint density at radius 3 is 1.78 bits per heavy atom. The van der Waals surface area contributed by atoms with E-state index in [-0.39, 0.29) is 5.56 Å². The molecule has 4 aromatic rings. The zero-order valence-electron chi connectivity index (χ0n) is 15.1. The summed E-state index contributed by atoms with van der Waals surface area (Å²) in [4.78, 5) is 13.0. The highest BCUT2D eigenvalue weighted by Crippen LogP contribution is 2.25. The van der Waals surface area contributed by atoms with Crippen LogP contribution in [0.2, 0.25) is 0 Å². The highest BCUT2D eigenvalue weighted by Gasteiger charge is 2.10. The van der Waals surface area contributed by atoms with Gasteiger partial charge in [0.2, 0.25) is 0 Å². The third-order valence-electron chi connectivity index (χ3n) is 4.77. The Balaban J connectivity index is 1.79. The largest absolute Gasteiger partial charge is 0.308 e. The first kappa shape index (κ1) is 17.0. The number of hydrogen-bond donors (Lipinski definition) is 0. The van der Waals surface area contributed by atoms with Gasteiger partial charge in [0.05, 0.1) is 5.69 Å². The molecule has 0 amide bonds. The summed E-state index contributed by atoms with van der Waals surface area (Å²) in [6, 6.07) is 34.4. The second-order valence-electron chi connectivity index (χ2n) is 6.59. The molecule has 0 saturated carbocycles. The van der Waals surface area contributed by atoms with Crippen molar-refractivity contribution in [1.82, 2.24) is 4.57 Å². The van der Waals surface area contributed by atoms with Crippen LogP contribution in [0.1, 0.15) is 5.56 Å². The predicted molar refractivity (Wildman–Crippen MR) is 112 cm³/mol. The quantitative estimate of drug-likeness (QED) is 0.470. The summed E-state index contributed by atoms with van der Waals surface area (Å²) in [6.07, 6.45) is 0.825. The monoisotopic (exact) mass is 351 g/mol. The zero-order valence-corrected chi connectivity index (χ0v) is 15.1. The summed E-state index contributed by atoms with van der Waals surface area (Å²) in [5.41, 5.74) is 5.29. The van der Waals surface area contributed by atoms with E-state index in [1.54, 1.807) is 6.07 Å². The molecule has 3 aromatic carbocycles. The minimum Gasteiger partial charge on any atom is -0.308 e. The Kier molecular flexibility index (Phi) is 4.97. The van der Waals surface area contributed by atoms with Gasteiger partial charge in [0.1, 0.15) is 0 Å². The molecule has 0 fully saturated rings. The van der Waals surface area contributed by atoms with Gasteiger partial charge in [-0.2, -0.15) is 0 Å². The lowest BCUT2D eigenvalue weighted by molar-refractivity contribution is 0.677. The molecular formula is C25H21NO. The summed E-state index contributed by atoms with van der Waals surface area (Å²) in [5.74, 6) is 0. The molecule has 0 saturated heterocycles. The molecule has 0 radical (unpaired) electrons. The number of hydrogen-bond acceptors (Lipinski definition) is 1. The summed E-state index contributed by atoms with van der Waals surface area (Å²) < 4.78 is 1.88. The van der Waals surface area contributed by atoms with Crippen molar-refractivity contribution >= 4 is 0 Å². The number of rotatable bonds is 5. The molecule has 2 heteroatoms. The molecule has 0 atom stereocenters. The third-order valence-corrected chi connectivity index (χ3v) is 4.77. The molecule has 0 bridgehead atoms. The van der Waals surface area contributed by atoms with Crippen molar-refractivity contribution < 1.29 is 0 Å². The number of aromatic nitrogens is 1. The molecule has 0 aliphatic carbocycles. The summed E-state index contributed by atoms with van der Waals surface area (Å²) in [7, 11) is 0. The first-order valence-corrected chi connectivity index (χ1v) is 9.21. The molecule has 132 valence electrons. The molecule has 0 aliphatic heterocycles. The van der Waals surface area contributed by atoms with Crippen molar-refractivity contribution in [1.29, 1.82) is 0 Å². The third kappa shape index (κ3) is 3.90. The lowest BCUT2D eigenvalue weighted by atomic mass is 10.0. The van der Waals surface area contributed by atoms with Crippen LogP contribution in [-0.4, -0.2) is 4.57 Å². The van der Waals surface area contributed by atoms with Crippen molar-refractivity contribution in [2.45, 2.75) is 13.0 Å². The maximum absolute atomic E-state index is 13.0. The van der Waals surface area contributed by atoms with Gasteiger partial charge in [0.15, 0.2) is 0 Å². The Bertz CT molecular complexity index is 1070. The summed E-state index contributed by atoms with van der Waals surface area (Å²) >= 11 is 0. The van der Waals surface area contributed by atoms with E-state index in [9.17, 15) is 4.79 Å². The number of nitrogens with zero attached hydrogens (tertiary/aromatic N) is 1. The molecule has 0 unspecified atom stereocenters. The Morgan fingerprint density at radius 2 is 1.15 bits per heavy atom. The molecule has 2 nitrogen and oxygen atoms in total. The van der Waals surface area contributed by atoms with Gasteiger partial charge in [-0.05, 0) is 34.7 Å². The van der Waals surface area contributed by atoms with Crippen LogP contribution < -0.4 is 5.56 Å². The second kappa shape index (κ2) is 7.88. The van der Waals surface area contributed by atoms with Gasteiger partial charge < -0.3 is 4.57 Å². The maximum atomic E-state index is 13.0. The highest BCUT2D eigenvalue weighted by atomic mass is 16.1. The summed E-state index contributed by atoms with van der Waals surface area (Å²) in [5, 5.41) is 0. The van der Waals surface area contributed by atoms with Crippen molar-refractivity contribution in [3.8, 4) is 22.4 Å². The van der Waals surface area contributed by atoms with Gasteiger partial charge >= 0.3 is 0 Å². The van der Waals surface area contributed by atoms with Crippen molar-refractivity contribution in [2.75, 3.05) is 0 Å². The van der Waals surface area contributed by atoms with E-state index in [2.05, 4.69) is 30.3 Å². The number of benzene rings is 3. The molecule has 1 aromatic heterocycles. The van der Waals surface area contributed by atoms with E-state index in [0.717, 1.165) is 28.8 Å². The fourth-order valence-corrected chi connectivity index (χ4v) is 3.36. The SMILES string of the molecule is O=c1cc(-c2ccccc2)cc(-c2ccccc2)n1CCc1ccccc1. The van der Waals surface area contributed by atoms with Crippen LogP contribution in [0.3, 0.4) is 0 Å². The minimum absolute atomic E-state index is 0.0335. The summed E-state index contributed by atoms with van der Waals surface area (Å²) in [6.45, 7) is 0.655. The average Bonchev–Trinajstić information content (AvgIpc) is 2.74. The van der Waals surface area contributed by atoms with Gasteiger partial charge in [-0.3, -0.25) is 4.79 Å². The Morgan fingerprint density at radius 1 is 0.593 bits per heavy atom. The van der Waals surface area contributed by atoms with Crippen LogP contribution in [-0.2, 0) is 13.0 Å². The van der Waals surface area contributed by atoms with E-state index in [1.165, 1.54) is 5.56 Å². The van der Waals surface area contributed by atoms with E-state index in [4.69, 9.17) is 0 Å². The molecule has 4 rings (SSSR count). The number of pyridine rings is 1. The van der Waals surface area contributed by atoms with Crippen LogP contribution in [0.4, 0.5) is 0 Å². The zero-order chi connectivity index (χ0) is 18.5. The van der Waals surface area contributed by atoms with E-state index in [1.807, 2.05) is 71.3 Å². The smallest absolute Gasteiger partial charge is 0.251 e. The Labute approximate surface area is 159 Å². The van der Waals surface area contributed by atoms with Gasteiger partial charge in [-0.1, -0.05) is 91.0 Å². The van der Waals surface area contributed by atoms with Crippen LogP contribution in [0.5, 0.6) is 0 Å². The van der Waals surface area contributed by atoms with Crippen LogP contribution >= 0.6 is 0 Å². The molecule has 0 spiro atoms. The fraction of sp³-hybridized carbons (Fsp3) is 0.0800. The molecule has 27 heavy (non-hydrogen) atoms. The first-order chi connectivity index (χ1) is 13.3. The fourth-order valence-electron chi connectivity index (χ4n) is 3.36. The van der Waals surface area contributed by atoms with E-state index in [0.29, 0.717) is 6.54 Å². The van der Waals surface area contributed by atoms with Crippen LogP contribution in [0.25, 0.3) is 22.4 Å². The van der Waals surface area contributed by atoms with Crippen molar-refractivity contribution in [3.63, 3.8) is 0 Å². The van der Waals surface area contributed by atoms with Crippen LogP contribution in [0, 0.1) is 0 Å². The van der Waals surface area contributed by atoms with Gasteiger partial charge in [-0.15, -0.1) is 0 Å². The highest BCUT2D eigenvalue weighted by molar-refractivity contribution is 5.70. The van der Waals surface area contributed by atoms with Crippen molar-refractivity contribution in [2.24, 2.45) is 0 Å². The first-order valence-electron chi connectivity index (χ1n) is 9.21. The molecule has 0 N–H and O–H groups in total. The van der Waals surface area contributed by atoms with E-state index >= 15 is 0 Å².